The van der Waals surface area contributed by atoms with Gasteiger partial charge in [-0.15, -0.1) is 0 Å². The summed E-state index contributed by atoms with van der Waals surface area (Å²) in [6, 6.07) is 7.99. The molecule has 2 rings (SSSR count). The fraction of sp³-hybridized carbons (Fsp3) is 0.562. The quantitative estimate of drug-likeness (QED) is 0.776. The minimum atomic E-state index is 0.0344. The maximum Gasteiger partial charge on any atom is 0.251 e. The predicted molar refractivity (Wildman–Crippen MR) is 81.8 cm³/mol. The van der Waals surface area contributed by atoms with Crippen molar-refractivity contribution in [2.45, 2.75) is 26.3 Å². The van der Waals surface area contributed by atoms with Gasteiger partial charge in [0.05, 0.1) is 0 Å². The van der Waals surface area contributed by atoms with Crippen LogP contribution in [0.15, 0.2) is 24.3 Å². The molecule has 0 aliphatic carbocycles. The molecule has 0 bridgehead atoms. The molecule has 1 aliphatic rings. The second kappa shape index (κ2) is 8.02. The lowest BCUT2D eigenvalue weighted by Crippen LogP contribution is -2.42. The fourth-order valence-electron chi connectivity index (χ4n) is 2.37. The van der Waals surface area contributed by atoms with E-state index in [0.29, 0.717) is 0 Å². The molecule has 0 radical (unpaired) electrons. The van der Waals surface area contributed by atoms with Gasteiger partial charge in [-0.2, -0.15) is 0 Å². The molecule has 1 saturated heterocycles. The van der Waals surface area contributed by atoms with Crippen LogP contribution in [-0.4, -0.2) is 43.5 Å². The summed E-state index contributed by atoms with van der Waals surface area (Å²) in [7, 11) is 0. The number of unbranched alkanes of at least 4 members (excludes halogenated alkanes) is 1. The van der Waals surface area contributed by atoms with Gasteiger partial charge in [-0.05, 0) is 24.1 Å². The number of amides is 1. The van der Waals surface area contributed by atoms with Crippen molar-refractivity contribution in [1.29, 1.82) is 0 Å². The zero-order chi connectivity index (χ0) is 14.2. The first-order valence-corrected chi connectivity index (χ1v) is 7.60. The Morgan fingerprint density at radius 1 is 1.25 bits per heavy atom. The molecule has 20 heavy (non-hydrogen) atoms. The van der Waals surface area contributed by atoms with E-state index in [2.05, 4.69) is 34.6 Å². The van der Waals surface area contributed by atoms with Crippen LogP contribution < -0.4 is 10.6 Å². The SMILES string of the molecule is CCCCNC(=O)c1ccc(CN2CCNCC2)cc1. The molecule has 1 aromatic carbocycles. The molecule has 1 aromatic rings. The zero-order valence-electron chi connectivity index (χ0n) is 12.3. The van der Waals surface area contributed by atoms with Crippen LogP contribution in [0.25, 0.3) is 0 Å². The average Bonchev–Trinajstić information content (AvgIpc) is 2.49. The van der Waals surface area contributed by atoms with Gasteiger partial charge in [0.1, 0.15) is 0 Å². The Morgan fingerprint density at radius 2 is 1.95 bits per heavy atom. The molecule has 1 fully saturated rings. The molecule has 0 spiro atoms. The Morgan fingerprint density at radius 3 is 2.60 bits per heavy atom. The Balaban J connectivity index is 1.83. The van der Waals surface area contributed by atoms with Crippen LogP contribution in [0.5, 0.6) is 0 Å². The maximum absolute atomic E-state index is 11.9. The fourth-order valence-corrected chi connectivity index (χ4v) is 2.37. The number of piperazine rings is 1. The standard InChI is InChI=1S/C16H25N3O/c1-2-3-8-18-16(20)15-6-4-14(5-7-15)13-19-11-9-17-10-12-19/h4-7,17H,2-3,8-13H2,1H3,(H,18,20). The summed E-state index contributed by atoms with van der Waals surface area (Å²) in [5.74, 6) is 0.0344. The second-order valence-electron chi connectivity index (χ2n) is 5.33. The van der Waals surface area contributed by atoms with Crippen molar-refractivity contribution in [1.82, 2.24) is 15.5 Å². The Bertz CT molecular complexity index is 410. The van der Waals surface area contributed by atoms with Crippen molar-refractivity contribution in [3.8, 4) is 0 Å². The van der Waals surface area contributed by atoms with Gasteiger partial charge >= 0.3 is 0 Å². The monoisotopic (exact) mass is 275 g/mol. The summed E-state index contributed by atoms with van der Waals surface area (Å²) in [6.07, 6.45) is 2.14. The highest BCUT2D eigenvalue weighted by molar-refractivity contribution is 5.94. The van der Waals surface area contributed by atoms with Crippen molar-refractivity contribution in [2.24, 2.45) is 0 Å². The summed E-state index contributed by atoms with van der Waals surface area (Å²) in [6.45, 7) is 8.18. The Labute approximate surface area is 121 Å². The van der Waals surface area contributed by atoms with E-state index >= 15 is 0 Å². The van der Waals surface area contributed by atoms with E-state index in [0.717, 1.165) is 57.7 Å². The van der Waals surface area contributed by atoms with E-state index in [1.54, 1.807) is 0 Å². The first-order chi connectivity index (χ1) is 9.79. The number of rotatable bonds is 6. The van der Waals surface area contributed by atoms with Crippen LogP contribution in [0, 0.1) is 0 Å². The lowest BCUT2D eigenvalue weighted by molar-refractivity contribution is 0.0953. The summed E-state index contributed by atoms with van der Waals surface area (Å²) in [4.78, 5) is 14.3. The first kappa shape index (κ1) is 15.0. The van der Waals surface area contributed by atoms with E-state index in [9.17, 15) is 4.79 Å². The summed E-state index contributed by atoms with van der Waals surface area (Å²) in [5.41, 5.74) is 2.03. The minimum absolute atomic E-state index is 0.0344. The predicted octanol–water partition coefficient (Wildman–Crippen LogP) is 1.62. The number of nitrogens with one attached hydrogen (secondary N) is 2. The van der Waals surface area contributed by atoms with E-state index in [4.69, 9.17) is 0 Å². The van der Waals surface area contributed by atoms with Gasteiger partial charge in [-0.3, -0.25) is 9.69 Å². The number of carbonyl (C=O) groups excluding carboxylic acids is 1. The van der Waals surface area contributed by atoms with Gasteiger partial charge in [0.15, 0.2) is 0 Å². The number of hydrogen-bond acceptors (Lipinski definition) is 3. The van der Waals surface area contributed by atoms with E-state index in [1.807, 2.05) is 12.1 Å². The molecule has 1 aliphatic heterocycles. The molecule has 1 amide bonds. The number of nitrogens with zero attached hydrogens (tertiary/aromatic N) is 1. The van der Waals surface area contributed by atoms with E-state index in [-0.39, 0.29) is 5.91 Å². The first-order valence-electron chi connectivity index (χ1n) is 7.60. The van der Waals surface area contributed by atoms with Crippen molar-refractivity contribution in [3.63, 3.8) is 0 Å². The molecule has 0 saturated carbocycles. The van der Waals surface area contributed by atoms with E-state index < -0.39 is 0 Å². The van der Waals surface area contributed by atoms with Crippen LogP contribution in [-0.2, 0) is 6.54 Å². The molecule has 0 aromatic heterocycles. The molecule has 4 nitrogen and oxygen atoms in total. The average molecular weight is 275 g/mol. The van der Waals surface area contributed by atoms with E-state index in [1.165, 1.54) is 5.56 Å². The van der Waals surface area contributed by atoms with Gasteiger partial charge in [0.25, 0.3) is 5.91 Å². The highest BCUT2D eigenvalue weighted by atomic mass is 16.1. The summed E-state index contributed by atoms with van der Waals surface area (Å²) in [5, 5.41) is 6.30. The normalized spacial score (nSPS) is 16.1. The molecule has 0 unspecified atom stereocenters. The van der Waals surface area contributed by atoms with Crippen molar-refractivity contribution in [3.05, 3.63) is 35.4 Å². The summed E-state index contributed by atoms with van der Waals surface area (Å²) < 4.78 is 0. The third kappa shape index (κ3) is 4.62. The number of benzene rings is 1. The highest BCUT2D eigenvalue weighted by Gasteiger charge is 2.10. The zero-order valence-corrected chi connectivity index (χ0v) is 12.3. The smallest absolute Gasteiger partial charge is 0.251 e. The van der Waals surface area contributed by atoms with Crippen molar-refractivity contribution >= 4 is 5.91 Å². The van der Waals surface area contributed by atoms with Crippen LogP contribution >= 0.6 is 0 Å². The topological polar surface area (TPSA) is 44.4 Å². The van der Waals surface area contributed by atoms with Crippen LogP contribution in [0.4, 0.5) is 0 Å². The molecule has 110 valence electrons. The maximum atomic E-state index is 11.9. The lowest BCUT2D eigenvalue weighted by Gasteiger charge is -2.27. The van der Waals surface area contributed by atoms with Gasteiger partial charge in [-0.1, -0.05) is 25.5 Å². The molecule has 1 heterocycles. The molecule has 2 N–H and O–H groups in total. The lowest BCUT2D eigenvalue weighted by atomic mass is 10.1. The van der Waals surface area contributed by atoms with Gasteiger partial charge in [-0.25, -0.2) is 0 Å². The molecular weight excluding hydrogens is 250 g/mol. The highest BCUT2D eigenvalue weighted by Crippen LogP contribution is 2.08. The van der Waals surface area contributed by atoms with Crippen LogP contribution in [0.1, 0.15) is 35.7 Å². The Kier molecular flexibility index (Phi) is 6.02. The number of carbonyl (C=O) groups is 1. The van der Waals surface area contributed by atoms with Crippen LogP contribution in [0.2, 0.25) is 0 Å². The number of hydrogen-bond donors (Lipinski definition) is 2. The minimum Gasteiger partial charge on any atom is -0.352 e. The Hall–Kier alpha value is -1.39. The summed E-state index contributed by atoms with van der Waals surface area (Å²) >= 11 is 0. The molecule has 0 atom stereocenters. The molecular formula is C16H25N3O. The van der Waals surface area contributed by atoms with Gasteiger partial charge < -0.3 is 10.6 Å². The van der Waals surface area contributed by atoms with Gasteiger partial charge in [0.2, 0.25) is 0 Å². The third-order valence-corrected chi connectivity index (χ3v) is 3.65. The largest absolute Gasteiger partial charge is 0.352 e. The van der Waals surface area contributed by atoms with Crippen LogP contribution in [0.3, 0.4) is 0 Å². The van der Waals surface area contributed by atoms with Gasteiger partial charge in [0, 0.05) is 44.8 Å². The van der Waals surface area contributed by atoms with Crippen molar-refractivity contribution in [2.75, 3.05) is 32.7 Å². The molecule has 4 heteroatoms. The second-order valence-corrected chi connectivity index (χ2v) is 5.33. The third-order valence-electron chi connectivity index (χ3n) is 3.65. The van der Waals surface area contributed by atoms with Crippen molar-refractivity contribution < 1.29 is 4.79 Å².